The largest absolute Gasteiger partial charge is 0.228 e. The Morgan fingerprint density at radius 3 is 1.52 bits per heavy atom. The Hall–Kier alpha value is -2.63. The summed E-state index contributed by atoms with van der Waals surface area (Å²) in [5.74, 6) is -0.424. The molecule has 0 amide bonds. The van der Waals surface area contributed by atoms with Crippen molar-refractivity contribution in [1.29, 1.82) is 10.5 Å². The van der Waals surface area contributed by atoms with E-state index in [2.05, 4.69) is 0 Å². The molecule has 0 unspecified atom stereocenters. The average molecular weight is 296 g/mol. The van der Waals surface area contributed by atoms with Crippen molar-refractivity contribution in [2.24, 2.45) is 0 Å². The zero-order valence-corrected chi connectivity index (χ0v) is 12.0. The Kier molecular flexibility index (Phi) is 4.37. The fourth-order valence-corrected chi connectivity index (χ4v) is 3.59. The van der Waals surface area contributed by atoms with Crippen LogP contribution in [-0.2, 0) is 21.3 Å². The molecule has 2 aromatic carbocycles. The first kappa shape index (κ1) is 14.8. The van der Waals surface area contributed by atoms with Crippen molar-refractivity contribution >= 4 is 9.84 Å². The summed E-state index contributed by atoms with van der Waals surface area (Å²) in [6, 6.07) is 17.2. The van der Waals surface area contributed by atoms with Gasteiger partial charge < -0.3 is 0 Å². The molecule has 0 N–H and O–H groups in total. The van der Waals surface area contributed by atoms with Gasteiger partial charge in [0.05, 0.1) is 34.8 Å². The van der Waals surface area contributed by atoms with Crippen molar-refractivity contribution in [3.05, 3.63) is 70.8 Å². The van der Waals surface area contributed by atoms with Crippen molar-refractivity contribution in [2.45, 2.75) is 11.5 Å². The summed E-state index contributed by atoms with van der Waals surface area (Å²) in [5, 5.41) is 18.0. The van der Waals surface area contributed by atoms with Gasteiger partial charge in [0.15, 0.2) is 9.84 Å². The number of benzene rings is 2. The number of nitriles is 2. The van der Waals surface area contributed by atoms with Crippen LogP contribution in [0.3, 0.4) is 0 Å². The molecular formula is C16H12N2O2S. The normalized spacial score (nSPS) is 10.6. The number of sulfone groups is 1. The van der Waals surface area contributed by atoms with Gasteiger partial charge >= 0.3 is 0 Å². The third-order valence-electron chi connectivity index (χ3n) is 3.03. The highest BCUT2D eigenvalue weighted by atomic mass is 32.2. The lowest BCUT2D eigenvalue weighted by atomic mass is 10.1. The third kappa shape index (κ3) is 3.68. The summed E-state index contributed by atoms with van der Waals surface area (Å²) in [6.45, 7) is 0. The number of rotatable bonds is 4. The molecule has 0 radical (unpaired) electrons. The third-order valence-corrected chi connectivity index (χ3v) is 4.53. The smallest absolute Gasteiger partial charge is 0.158 e. The summed E-state index contributed by atoms with van der Waals surface area (Å²) < 4.78 is 24.6. The molecule has 0 heterocycles. The van der Waals surface area contributed by atoms with Crippen molar-refractivity contribution in [3.8, 4) is 12.1 Å². The average Bonchev–Trinajstić information content (AvgIpc) is 2.47. The van der Waals surface area contributed by atoms with E-state index in [1.807, 2.05) is 12.1 Å². The van der Waals surface area contributed by atoms with E-state index in [1.165, 1.54) is 0 Å². The van der Waals surface area contributed by atoms with E-state index in [9.17, 15) is 8.42 Å². The van der Waals surface area contributed by atoms with Crippen LogP contribution >= 0.6 is 0 Å². The molecule has 0 spiro atoms. The molecule has 0 bridgehead atoms. The van der Waals surface area contributed by atoms with Gasteiger partial charge in [0.2, 0.25) is 0 Å². The molecule has 2 aromatic rings. The number of hydrogen-bond donors (Lipinski definition) is 0. The summed E-state index contributed by atoms with van der Waals surface area (Å²) in [6.07, 6.45) is 0. The van der Waals surface area contributed by atoms with Gasteiger partial charge in [-0.05, 0) is 23.3 Å². The molecule has 0 atom stereocenters. The molecule has 0 aromatic heterocycles. The zero-order valence-electron chi connectivity index (χ0n) is 11.2. The van der Waals surface area contributed by atoms with Crippen LogP contribution in [0.5, 0.6) is 0 Å². The monoisotopic (exact) mass is 296 g/mol. The second-order valence-corrected chi connectivity index (χ2v) is 6.63. The molecule has 5 heteroatoms. The molecule has 21 heavy (non-hydrogen) atoms. The SMILES string of the molecule is N#Cc1ccccc1CS(=O)(=O)Cc1ccccc1C#N. The molecule has 0 saturated carbocycles. The lowest BCUT2D eigenvalue weighted by molar-refractivity contribution is 0.594. The van der Waals surface area contributed by atoms with Crippen LogP contribution in [0.4, 0.5) is 0 Å². The molecule has 2 rings (SSSR count). The van der Waals surface area contributed by atoms with Gasteiger partial charge in [-0.15, -0.1) is 0 Å². The van der Waals surface area contributed by atoms with Crippen molar-refractivity contribution in [1.82, 2.24) is 0 Å². The maximum Gasteiger partial charge on any atom is 0.158 e. The summed E-state index contributed by atoms with van der Waals surface area (Å²) >= 11 is 0. The van der Waals surface area contributed by atoms with Crippen molar-refractivity contribution in [2.75, 3.05) is 0 Å². The Morgan fingerprint density at radius 2 is 1.14 bits per heavy atom. The van der Waals surface area contributed by atoms with Crippen LogP contribution in [0.2, 0.25) is 0 Å². The first-order chi connectivity index (χ1) is 10.1. The minimum absolute atomic E-state index is 0.212. The van der Waals surface area contributed by atoms with E-state index in [0.717, 1.165) is 0 Å². The number of hydrogen-bond acceptors (Lipinski definition) is 4. The lowest BCUT2D eigenvalue weighted by Gasteiger charge is -2.07. The minimum Gasteiger partial charge on any atom is -0.228 e. The summed E-state index contributed by atoms with van der Waals surface area (Å²) in [4.78, 5) is 0. The van der Waals surface area contributed by atoms with Gasteiger partial charge in [0.25, 0.3) is 0 Å². The highest BCUT2D eigenvalue weighted by Crippen LogP contribution is 2.17. The standard InChI is InChI=1S/C16H12N2O2S/c17-9-13-5-1-3-7-15(13)11-21(19,20)12-16-8-4-2-6-14(16)10-18/h1-8H,11-12H2. The molecule has 104 valence electrons. The highest BCUT2D eigenvalue weighted by Gasteiger charge is 2.17. The van der Waals surface area contributed by atoms with Crippen LogP contribution in [-0.4, -0.2) is 8.42 Å². The molecule has 0 saturated heterocycles. The van der Waals surface area contributed by atoms with E-state index in [1.54, 1.807) is 48.5 Å². The molecule has 0 aliphatic heterocycles. The molecular weight excluding hydrogens is 284 g/mol. The molecule has 0 aliphatic carbocycles. The van der Waals surface area contributed by atoms with Crippen LogP contribution in [0, 0.1) is 22.7 Å². The Labute approximate surface area is 123 Å². The van der Waals surface area contributed by atoms with Gasteiger partial charge in [-0.1, -0.05) is 36.4 Å². The van der Waals surface area contributed by atoms with Gasteiger partial charge in [0, 0.05) is 0 Å². The van der Waals surface area contributed by atoms with Crippen molar-refractivity contribution in [3.63, 3.8) is 0 Å². The molecule has 0 aliphatic rings. The van der Waals surface area contributed by atoms with Crippen molar-refractivity contribution < 1.29 is 8.42 Å². The van der Waals surface area contributed by atoms with Crippen LogP contribution in [0.15, 0.2) is 48.5 Å². The zero-order chi connectivity index (χ0) is 15.3. The molecule has 4 nitrogen and oxygen atoms in total. The number of nitrogens with zero attached hydrogens (tertiary/aromatic N) is 2. The topological polar surface area (TPSA) is 81.7 Å². The maximum absolute atomic E-state index is 12.3. The van der Waals surface area contributed by atoms with Gasteiger partial charge in [0.1, 0.15) is 0 Å². The Morgan fingerprint density at radius 1 is 0.762 bits per heavy atom. The van der Waals surface area contributed by atoms with E-state index < -0.39 is 9.84 Å². The van der Waals surface area contributed by atoms with E-state index in [-0.39, 0.29) is 11.5 Å². The van der Waals surface area contributed by atoms with E-state index in [0.29, 0.717) is 22.3 Å². The fraction of sp³-hybridized carbons (Fsp3) is 0.125. The second kappa shape index (κ2) is 6.21. The lowest BCUT2D eigenvalue weighted by Crippen LogP contribution is -2.09. The molecule has 0 fully saturated rings. The first-order valence-corrected chi connectivity index (χ1v) is 8.04. The second-order valence-electron chi connectivity index (χ2n) is 4.57. The quantitative estimate of drug-likeness (QED) is 0.868. The first-order valence-electron chi connectivity index (χ1n) is 6.22. The van der Waals surface area contributed by atoms with E-state index >= 15 is 0 Å². The highest BCUT2D eigenvalue weighted by molar-refractivity contribution is 7.89. The summed E-state index contributed by atoms with van der Waals surface area (Å²) in [7, 11) is -3.46. The van der Waals surface area contributed by atoms with Crippen LogP contribution in [0.1, 0.15) is 22.3 Å². The Balaban J connectivity index is 2.28. The minimum atomic E-state index is -3.46. The summed E-state index contributed by atoms with van der Waals surface area (Å²) in [5.41, 5.74) is 1.67. The van der Waals surface area contributed by atoms with Crippen LogP contribution < -0.4 is 0 Å². The fourth-order valence-electron chi connectivity index (χ4n) is 2.04. The maximum atomic E-state index is 12.3. The predicted molar refractivity (Wildman–Crippen MR) is 78.6 cm³/mol. The van der Waals surface area contributed by atoms with Gasteiger partial charge in [-0.2, -0.15) is 10.5 Å². The predicted octanol–water partition coefficient (Wildman–Crippen LogP) is 2.54. The van der Waals surface area contributed by atoms with Gasteiger partial charge in [-0.3, -0.25) is 0 Å². The Bertz CT molecular complexity index is 778. The van der Waals surface area contributed by atoms with Gasteiger partial charge in [-0.25, -0.2) is 8.42 Å². The van der Waals surface area contributed by atoms with Crippen LogP contribution in [0.25, 0.3) is 0 Å². The van der Waals surface area contributed by atoms with E-state index in [4.69, 9.17) is 10.5 Å².